The minimum Gasteiger partial charge on any atom is -0.512 e. The second-order valence-corrected chi connectivity index (χ2v) is 5.58. The summed E-state index contributed by atoms with van der Waals surface area (Å²) in [5.74, 6) is 0.390. The first kappa shape index (κ1) is 13.9. The fourth-order valence-corrected chi connectivity index (χ4v) is 3.12. The second kappa shape index (κ2) is 5.20. The summed E-state index contributed by atoms with van der Waals surface area (Å²) in [5.41, 5.74) is 6.48. The number of carbonyl (C=O) groups excluding carboxylic acids is 1. The third-order valence-electron chi connectivity index (χ3n) is 4.31. The van der Waals surface area contributed by atoms with Crippen molar-refractivity contribution in [2.24, 2.45) is 0 Å². The standard InChI is InChI=1S/C17H22O2/c1-5-13-6-10(2)11(3)12(4)17(13)14-7-15(18)9-16(19)8-14/h6,9,14,18H,5,7-8H2,1-4H3. The Morgan fingerprint density at radius 1 is 1.21 bits per heavy atom. The molecule has 1 unspecified atom stereocenters. The van der Waals surface area contributed by atoms with Crippen LogP contribution in [0.5, 0.6) is 0 Å². The van der Waals surface area contributed by atoms with Gasteiger partial charge >= 0.3 is 0 Å². The lowest BCUT2D eigenvalue weighted by Gasteiger charge is -2.26. The van der Waals surface area contributed by atoms with Gasteiger partial charge in [-0.1, -0.05) is 13.0 Å². The van der Waals surface area contributed by atoms with E-state index in [1.165, 1.54) is 33.9 Å². The number of hydrogen-bond acceptors (Lipinski definition) is 2. The Morgan fingerprint density at radius 3 is 2.47 bits per heavy atom. The lowest BCUT2D eigenvalue weighted by Crippen LogP contribution is -2.16. The van der Waals surface area contributed by atoms with Gasteiger partial charge in [0.05, 0.1) is 5.76 Å². The van der Waals surface area contributed by atoms with Crippen LogP contribution in [-0.4, -0.2) is 10.9 Å². The molecule has 1 N–H and O–H groups in total. The monoisotopic (exact) mass is 258 g/mol. The largest absolute Gasteiger partial charge is 0.512 e. The van der Waals surface area contributed by atoms with E-state index < -0.39 is 0 Å². The Hall–Kier alpha value is -1.57. The van der Waals surface area contributed by atoms with E-state index in [9.17, 15) is 9.90 Å². The van der Waals surface area contributed by atoms with Gasteiger partial charge in [-0.2, -0.15) is 0 Å². The molecule has 1 aromatic rings. The zero-order valence-electron chi connectivity index (χ0n) is 12.2. The molecule has 0 saturated heterocycles. The van der Waals surface area contributed by atoms with Gasteiger partial charge in [0.15, 0.2) is 5.78 Å². The van der Waals surface area contributed by atoms with Gasteiger partial charge in [-0.05, 0) is 60.9 Å². The smallest absolute Gasteiger partial charge is 0.159 e. The van der Waals surface area contributed by atoms with Crippen LogP contribution in [0.15, 0.2) is 17.9 Å². The molecule has 0 amide bonds. The van der Waals surface area contributed by atoms with E-state index in [-0.39, 0.29) is 17.5 Å². The predicted molar refractivity (Wildman–Crippen MR) is 77.7 cm³/mol. The highest BCUT2D eigenvalue weighted by Gasteiger charge is 2.25. The van der Waals surface area contributed by atoms with Crippen LogP contribution in [0.1, 0.15) is 53.5 Å². The summed E-state index contributed by atoms with van der Waals surface area (Å²) >= 11 is 0. The zero-order valence-corrected chi connectivity index (χ0v) is 12.2. The van der Waals surface area contributed by atoms with Crippen LogP contribution in [0.4, 0.5) is 0 Å². The molecule has 2 heteroatoms. The van der Waals surface area contributed by atoms with Crippen molar-refractivity contribution in [2.75, 3.05) is 0 Å². The number of ketones is 1. The molecule has 0 saturated carbocycles. The summed E-state index contributed by atoms with van der Waals surface area (Å²) in [6.07, 6.45) is 3.44. The van der Waals surface area contributed by atoms with Crippen molar-refractivity contribution in [2.45, 2.75) is 52.9 Å². The van der Waals surface area contributed by atoms with Gasteiger partial charge in [0, 0.05) is 18.9 Å². The van der Waals surface area contributed by atoms with Crippen molar-refractivity contribution in [1.82, 2.24) is 0 Å². The molecule has 1 aliphatic rings. The average molecular weight is 258 g/mol. The van der Waals surface area contributed by atoms with Gasteiger partial charge < -0.3 is 5.11 Å². The van der Waals surface area contributed by atoms with E-state index in [0.717, 1.165) is 6.42 Å². The summed E-state index contributed by atoms with van der Waals surface area (Å²) in [7, 11) is 0. The first-order valence-electron chi connectivity index (χ1n) is 6.96. The minimum atomic E-state index is 0.0356. The molecule has 2 nitrogen and oxygen atoms in total. The van der Waals surface area contributed by atoms with Crippen LogP contribution in [0.2, 0.25) is 0 Å². The highest BCUT2D eigenvalue weighted by atomic mass is 16.3. The Kier molecular flexibility index (Phi) is 3.79. The lowest BCUT2D eigenvalue weighted by atomic mass is 9.79. The van der Waals surface area contributed by atoms with Crippen LogP contribution in [0, 0.1) is 20.8 Å². The first-order valence-corrected chi connectivity index (χ1v) is 6.96. The summed E-state index contributed by atoms with van der Waals surface area (Å²) in [4.78, 5) is 11.7. The van der Waals surface area contributed by atoms with E-state index in [0.29, 0.717) is 12.8 Å². The molecule has 19 heavy (non-hydrogen) atoms. The van der Waals surface area contributed by atoms with Gasteiger partial charge in [0.1, 0.15) is 0 Å². The maximum absolute atomic E-state index is 11.7. The van der Waals surface area contributed by atoms with Crippen molar-refractivity contribution < 1.29 is 9.90 Å². The number of aliphatic hydroxyl groups excluding tert-OH is 1. The molecule has 1 atom stereocenters. The molecule has 0 fully saturated rings. The SMILES string of the molecule is CCc1cc(C)c(C)c(C)c1C1CC(=O)C=C(O)C1. The van der Waals surface area contributed by atoms with Gasteiger partial charge in [-0.3, -0.25) is 4.79 Å². The van der Waals surface area contributed by atoms with Crippen LogP contribution < -0.4 is 0 Å². The molecular formula is C17H22O2. The summed E-state index contributed by atoms with van der Waals surface area (Å²) in [6.45, 7) is 8.55. The molecule has 2 rings (SSSR count). The molecule has 0 bridgehead atoms. The normalized spacial score (nSPS) is 19.5. The summed E-state index contributed by atoms with van der Waals surface area (Å²) in [6, 6.07) is 2.23. The third-order valence-corrected chi connectivity index (χ3v) is 4.31. The number of carbonyl (C=O) groups is 1. The first-order chi connectivity index (χ1) is 8.93. The Bertz CT molecular complexity index is 553. The molecule has 0 heterocycles. The van der Waals surface area contributed by atoms with E-state index in [1.54, 1.807) is 0 Å². The summed E-state index contributed by atoms with van der Waals surface area (Å²) < 4.78 is 0. The minimum absolute atomic E-state index is 0.0356. The molecule has 0 aromatic heterocycles. The molecule has 0 aliphatic heterocycles. The van der Waals surface area contributed by atoms with Crippen LogP contribution in [0.3, 0.4) is 0 Å². The van der Waals surface area contributed by atoms with E-state index in [4.69, 9.17) is 0 Å². The third kappa shape index (κ3) is 2.58. The number of aliphatic hydroxyl groups is 1. The highest BCUT2D eigenvalue weighted by molar-refractivity contribution is 5.91. The fourth-order valence-electron chi connectivity index (χ4n) is 3.12. The van der Waals surface area contributed by atoms with Gasteiger partial charge in [0.2, 0.25) is 0 Å². The van der Waals surface area contributed by atoms with Crippen LogP contribution in [-0.2, 0) is 11.2 Å². The van der Waals surface area contributed by atoms with Crippen molar-refractivity contribution in [3.63, 3.8) is 0 Å². The topological polar surface area (TPSA) is 37.3 Å². The van der Waals surface area contributed by atoms with Gasteiger partial charge in [-0.25, -0.2) is 0 Å². The molecule has 0 radical (unpaired) electrons. The number of allylic oxidation sites excluding steroid dienone is 2. The Morgan fingerprint density at radius 2 is 1.89 bits per heavy atom. The maximum Gasteiger partial charge on any atom is 0.159 e. The number of rotatable bonds is 2. The van der Waals surface area contributed by atoms with Crippen LogP contribution >= 0.6 is 0 Å². The van der Waals surface area contributed by atoms with Gasteiger partial charge in [0.25, 0.3) is 0 Å². The quantitative estimate of drug-likeness (QED) is 0.868. The Balaban J connectivity index is 2.53. The summed E-state index contributed by atoms with van der Waals surface area (Å²) in [5, 5.41) is 9.73. The van der Waals surface area contributed by atoms with Crippen molar-refractivity contribution >= 4 is 5.78 Å². The van der Waals surface area contributed by atoms with Crippen molar-refractivity contribution in [1.29, 1.82) is 0 Å². The lowest BCUT2D eigenvalue weighted by molar-refractivity contribution is -0.115. The maximum atomic E-state index is 11.7. The average Bonchev–Trinajstić information content (AvgIpc) is 2.34. The van der Waals surface area contributed by atoms with E-state index in [1.807, 2.05) is 0 Å². The van der Waals surface area contributed by atoms with Crippen LogP contribution in [0.25, 0.3) is 0 Å². The number of benzene rings is 1. The number of aryl methyl sites for hydroxylation is 2. The molecular weight excluding hydrogens is 236 g/mol. The zero-order chi connectivity index (χ0) is 14.2. The molecule has 0 spiro atoms. The van der Waals surface area contributed by atoms with E-state index in [2.05, 4.69) is 33.8 Å². The molecule has 102 valence electrons. The Labute approximate surface area is 115 Å². The predicted octanol–water partition coefficient (Wildman–Crippen LogP) is 4.06. The molecule has 1 aromatic carbocycles. The number of hydrogen-bond donors (Lipinski definition) is 1. The highest BCUT2D eigenvalue weighted by Crippen LogP contribution is 2.36. The molecule has 1 aliphatic carbocycles. The second-order valence-electron chi connectivity index (χ2n) is 5.58. The van der Waals surface area contributed by atoms with Crippen molar-refractivity contribution in [3.8, 4) is 0 Å². The van der Waals surface area contributed by atoms with Gasteiger partial charge in [-0.15, -0.1) is 0 Å². The fraction of sp³-hybridized carbons (Fsp3) is 0.471. The van der Waals surface area contributed by atoms with Crippen molar-refractivity contribution in [3.05, 3.63) is 45.7 Å². The van der Waals surface area contributed by atoms with E-state index >= 15 is 0 Å².